The van der Waals surface area contributed by atoms with Crippen LogP contribution in [0.1, 0.15) is 11.4 Å². The van der Waals surface area contributed by atoms with E-state index in [2.05, 4.69) is 42.3 Å². The van der Waals surface area contributed by atoms with Crippen molar-refractivity contribution in [3.63, 3.8) is 0 Å². The monoisotopic (exact) mass is 387 g/mol. The van der Waals surface area contributed by atoms with Crippen molar-refractivity contribution in [3.05, 3.63) is 38.5 Å². The smallest absolute Gasteiger partial charge is 0.142 e. The summed E-state index contributed by atoms with van der Waals surface area (Å²) in [7, 11) is 3.60. The summed E-state index contributed by atoms with van der Waals surface area (Å²) < 4.78 is 9.26. The fourth-order valence-electron chi connectivity index (χ4n) is 1.87. The van der Waals surface area contributed by atoms with Crippen LogP contribution < -0.4 is 10.1 Å². The van der Waals surface area contributed by atoms with E-state index >= 15 is 0 Å². The molecule has 1 heterocycles. The van der Waals surface area contributed by atoms with Gasteiger partial charge in [0.1, 0.15) is 5.75 Å². The standard InChI is InChI=1S/C13H15Br2N3O/c1-8-13(15)11(18(2)17-8)7-16-10-6-9(14)4-5-12(10)19-3/h4-6,16H,7H2,1-3H3. The van der Waals surface area contributed by atoms with Gasteiger partial charge in [0.2, 0.25) is 0 Å². The van der Waals surface area contributed by atoms with Crippen LogP contribution in [0.2, 0.25) is 0 Å². The van der Waals surface area contributed by atoms with Gasteiger partial charge in [0.05, 0.1) is 35.2 Å². The molecule has 0 amide bonds. The first-order chi connectivity index (χ1) is 9.02. The van der Waals surface area contributed by atoms with Gasteiger partial charge in [-0.2, -0.15) is 5.10 Å². The first kappa shape index (κ1) is 14.4. The fraction of sp³-hybridized carbons (Fsp3) is 0.308. The molecule has 102 valence electrons. The average Bonchev–Trinajstić information content (AvgIpc) is 2.61. The lowest BCUT2D eigenvalue weighted by molar-refractivity contribution is 0.416. The van der Waals surface area contributed by atoms with Crippen LogP contribution in [0.5, 0.6) is 5.75 Å². The molecule has 0 aliphatic carbocycles. The number of hydrogen-bond acceptors (Lipinski definition) is 3. The molecular weight excluding hydrogens is 374 g/mol. The van der Waals surface area contributed by atoms with Crippen molar-refractivity contribution < 1.29 is 4.74 Å². The van der Waals surface area contributed by atoms with E-state index in [1.54, 1.807) is 7.11 Å². The predicted molar refractivity (Wildman–Crippen MR) is 83.7 cm³/mol. The lowest BCUT2D eigenvalue weighted by atomic mass is 10.3. The molecular formula is C13H15Br2N3O. The Morgan fingerprint density at radius 2 is 2.11 bits per heavy atom. The lowest BCUT2D eigenvalue weighted by Gasteiger charge is -2.12. The summed E-state index contributed by atoms with van der Waals surface area (Å²) >= 11 is 7.02. The zero-order valence-electron chi connectivity index (χ0n) is 11.0. The van der Waals surface area contributed by atoms with Crippen molar-refractivity contribution in [2.24, 2.45) is 7.05 Å². The van der Waals surface area contributed by atoms with Gasteiger partial charge in [-0.15, -0.1) is 0 Å². The highest BCUT2D eigenvalue weighted by atomic mass is 79.9. The van der Waals surface area contributed by atoms with Gasteiger partial charge in [-0.1, -0.05) is 15.9 Å². The van der Waals surface area contributed by atoms with E-state index < -0.39 is 0 Å². The molecule has 0 bridgehead atoms. The minimum atomic E-state index is 0.671. The molecule has 0 fully saturated rings. The van der Waals surface area contributed by atoms with Gasteiger partial charge in [0, 0.05) is 11.5 Å². The number of hydrogen-bond donors (Lipinski definition) is 1. The molecule has 2 aromatic rings. The second-order valence-corrected chi connectivity index (χ2v) is 5.88. The SMILES string of the molecule is COc1ccc(Br)cc1NCc1c(Br)c(C)nn1C. The molecule has 0 unspecified atom stereocenters. The number of anilines is 1. The Hall–Kier alpha value is -1.01. The Morgan fingerprint density at radius 3 is 2.68 bits per heavy atom. The van der Waals surface area contributed by atoms with Crippen LogP contribution in [0.3, 0.4) is 0 Å². The molecule has 0 radical (unpaired) electrons. The molecule has 1 aromatic carbocycles. The second kappa shape index (κ2) is 5.96. The van der Waals surface area contributed by atoms with Gasteiger partial charge in [-0.3, -0.25) is 4.68 Å². The average molecular weight is 389 g/mol. The van der Waals surface area contributed by atoms with Gasteiger partial charge in [-0.25, -0.2) is 0 Å². The van der Waals surface area contributed by atoms with E-state index in [1.807, 2.05) is 36.9 Å². The Morgan fingerprint density at radius 1 is 1.37 bits per heavy atom. The molecule has 19 heavy (non-hydrogen) atoms. The number of rotatable bonds is 4. The molecule has 2 rings (SSSR count). The molecule has 4 nitrogen and oxygen atoms in total. The van der Waals surface area contributed by atoms with E-state index in [0.717, 1.165) is 31.8 Å². The summed E-state index contributed by atoms with van der Waals surface area (Å²) in [6.45, 7) is 2.65. The molecule has 0 aliphatic heterocycles. The van der Waals surface area contributed by atoms with E-state index in [1.165, 1.54) is 0 Å². The Labute approximate surface area is 129 Å². The third-order valence-corrected chi connectivity index (χ3v) is 4.39. The number of nitrogens with zero attached hydrogens (tertiary/aromatic N) is 2. The topological polar surface area (TPSA) is 39.1 Å². The molecule has 0 atom stereocenters. The third-order valence-electron chi connectivity index (χ3n) is 2.87. The van der Waals surface area contributed by atoms with Crippen LogP contribution in [-0.2, 0) is 13.6 Å². The van der Waals surface area contributed by atoms with Crippen molar-refractivity contribution >= 4 is 37.5 Å². The number of halogens is 2. The zero-order chi connectivity index (χ0) is 14.0. The maximum Gasteiger partial charge on any atom is 0.142 e. The molecule has 0 aliphatic rings. The highest BCUT2D eigenvalue weighted by Gasteiger charge is 2.11. The quantitative estimate of drug-likeness (QED) is 0.863. The van der Waals surface area contributed by atoms with Crippen molar-refractivity contribution in [2.45, 2.75) is 13.5 Å². The van der Waals surface area contributed by atoms with Crippen LogP contribution >= 0.6 is 31.9 Å². The highest BCUT2D eigenvalue weighted by molar-refractivity contribution is 9.10. The summed E-state index contributed by atoms with van der Waals surface area (Å²) in [4.78, 5) is 0. The minimum Gasteiger partial charge on any atom is -0.495 e. The summed E-state index contributed by atoms with van der Waals surface area (Å²) in [6, 6.07) is 5.88. The normalized spacial score (nSPS) is 10.6. The van der Waals surface area contributed by atoms with E-state index in [4.69, 9.17) is 4.74 Å². The van der Waals surface area contributed by atoms with Crippen LogP contribution in [0, 0.1) is 6.92 Å². The van der Waals surface area contributed by atoms with Crippen molar-refractivity contribution in [1.29, 1.82) is 0 Å². The molecule has 0 saturated heterocycles. The van der Waals surface area contributed by atoms with Gasteiger partial charge >= 0.3 is 0 Å². The first-order valence-corrected chi connectivity index (χ1v) is 7.37. The Balaban J connectivity index is 2.21. The van der Waals surface area contributed by atoms with Crippen LogP contribution in [0.15, 0.2) is 27.1 Å². The summed E-state index contributed by atoms with van der Waals surface area (Å²) in [5.74, 6) is 0.818. The maximum atomic E-state index is 5.34. The maximum absolute atomic E-state index is 5.34. The molecule has 6 heteroatoms. The number of benzene rings is 1. The summed E-state index contributed by atoms with van der Waals surface area (Å²) in [5.41, 5.74) is 3.03. The van der Waals surface area contributed by atoms with Crippen molar-refractivity contribution in [2.75, 3.05) is 12.4 Å². The van der Waals surface area contributed by atoms with E-state index in [9.17, 15) is 0 Å². The molecule has 1 aromatic heterocycles. The Bertz CT molecular complexity index is 596. The number of aromatic nitrogens is 2. The number of methoxy groups -OCH3 is 1. The predicted octanol–water partition coefficient (Wildman–Crippen LogP) is 3.87. The molecule has 0 saturated carbocycles. The second-order valence-electron chi connectivity index (χ2n) is 4.17. The zero-order valence-corrected chi connectivity index (χ0v) is 14.2. The number of aryl methyl sites for hydroxylation is 2. The van der Waals surface area contributed by atoms with Crippen LogP contribution in [0.4, 0.5) is 5.69 Å². The van der Waals surface area contributed by atoms with Gasteiger partial charge in [0.15, 0.2) is 0 Å². The van der Waals surface area contributed by atoms with Crippen LogP contribution in [-0.4, -0.2) is 16.9 Å². The number of nitrogens with one attached hydrogen (secondary N) is 1. The Kier molecular flexibility index (Phi) is 4.52. The van der Waals surface area contributed by atoms with E-state index in [0.29, 0.717) is 6.54 Å². The first-order valence-electron chi connectivity index (χ1n) is 5.78. The highest BCUT2D eigenvalue weighted by Crippen LogP contribution is 2.29. The molecule has 1 N–H and O–H groups in total. The third kappa shape index (κ3) is 3.12. The number of ether oxygens (including phenoxy) is 1. The van der Waals surface area contributed by atoms with Gasteiger partial charge in [0.25, 0.3) is 0 Å². The minimum absolute atomic E-state index is 0.671. The van der Waals surface area contributed by atoms with Gasteiger partial charge in [-0.05, 0) is 41.1 Å². The lowest BCUT2D eigenvalue weighted by Crippen LogP contribution is -2.07. The molecule has 0 spiro atoms. The van der Waals surface area contributed by atoms with E-state index in [-0.39, 0.29) is 0 Å². The largest absolute Gasteiger partial charge is 0.495 e. The van der Waals surface area contributed by atoms with Gasteiger partial charge < -0.3 is 10.1 Å². The van der Waals surface area contributed by atoms with Crippen molar-refractivity contribution in [1.82, 2.24) is 9.78 Å². The van der Waals surface area contributed by atoms with Crippen molar-refractivity contribution in [3.8, 4) is 5.75 Å². The summed E-state index contributed by atoms with van der Waals surface area (Å²) in [5, 5.41) is 7.74. The van der Waals surface area contributed by atoms with Crippen LogP contribution in [0.25, 0.3) is 0 Å². The fourth-order valence-corrected chi connectivity index (χ4v) is 2.71. The summed E-state index contributed by atoms with van der Waals surface area (Å²) in [6.07, 6.45) is 0.